The van der Waals surface area contributed by atoms with E-state index in [1.54, 1.807) is 7.11 Å². The predicted molar refractivity (Wildman–Crippen MR) is 134 cm³/mol. The van der Waals surface area contributed by atoms with Crippen LogP contribution in [0.4, 0.5) is 11.4 Å². The summed E-state index contributed by atoms with van der Waals surface area (Å²) >= 11 is 13.0. The van der Waals surface area contributed by atoms with E-state index >= 15 is 0 Å². The number of nitrogens with one attached hydrogen (secondary N) is 1. The SMILES string of the molecule is COc1cc(CNc2ccc(N3CCCC3)c(Cl)c2)cc(Cl)c1OCC(=O)N1CCCCC1. The van der Waals surface area contributed by atoms with Crippen molar-refractivity contribution in [1.29, 1.82) is 0 Å². The zero-order valence-electron chi connectivity index (χ0n) is 19.0. The van der Waals surface area contributed by atoms with Gasteiger partial charge in [0.15, 0.2) is 18.1 Å². The van der Waals surface area contributed by atoms with E-state index in [9.17, 15) is 4.79 Å². The zero-order valence-corrected chi connectivity index (χ0v) is 20.6. The van der Waals surface area contributed by atoms with Crippen molar-refractivity contribution in [1.82, 2.24) is 4.90 Å². The molecule has 2 aliphatic heterocycles. The number of carbonyl (C=O) groups excluding carboxylic acids is 1. The highest BCUT2D eigenvalue weighted by molar-refractivity contribution is 6.33. The molecule has 2 aliphatic rings. The molecular formula is C25H31Cl2N3O3. The number of halogens is 2. The van der Waals surface area contributed by atoms with Crippen LogP contribution in [0.5, 0.6) is 11.5 Å². The second-order valence-corrected chi connectivity index (χ2v) is 9.37. The minimum absolute atomic E-state index is 0.0205. The van der Waals surface area contributed by atoms with Gasteiger partial charge in [0.05, 0.1) is 22.8 Å². The number of benzene rings is 2. The summed E-state index contributed by atoms with van der Waals surface area (Å²) in [5.74, 6) is 0.882. The van der Waals surface area contributed by atoms with Crippen LogP contribution in [0.15, 0.2) is 30.3 Å². The highest BCUT2D eigenvalue weighted by Crippen LogP contribution is 2.37. The molecule has 33 heavy (non-hydrogen) atoms. The smallest absolute Gasteiger partial charge is 0.260 e. The lowest BCUT2D eigenvalue weighted by Gasteiger charge is -2.26. The number of carbonyl (C=O) groups is 1. The Bertz CT molecular complexity index is 974. The van der Waals surface area contributed by atoms with Gasteiger partial charge in [-0.25, -0.2) is 0 Å². The Labute approximate surface area is 205 Å². The van der Waals surface area contributed by atoms with E-state index in [-0.39, 0.29) is 12.5 Å². The second-order valence-electron chi connectivity index (χ2n) is 8.55. The van der Waals surface area contributed by atoms with Crippen molar-refractivity contribution in [2.75, 3.05) is 50.1 Å². The molecule has 4 rings (SSSR count). The molecule has 0 bridgehead atoms. The van der Waals surface area contributed by atoms with Crippen molar-refractivity contribution in [2.45, 2.75) is 38.6 Å². The standard InChI is InChI=1S/C25H31Cl2N3O3/c1-32-23-14-18(13-21(27)25(23)33-17-24(31)30-11-3-2-4-12-30)16-28-19-7-8-22(20(26)15-19)29-9-5-6-10-29/h7-8,13-15,28H,2-6,9-12,16-17H2,1H3. The van der Waals surface area contributed by atoms with E-state index < -0.39 is 0 Å². The number of methoxy groups -OCH3 is 1. The first-order valence-electron chi connectivity index (χ1n) is 11.6. The first-order valence-corrected chi connectivity index (χ1v) is 12.4. The van der Waals surface area contributed by atoms with Gasteiger partial charge in [-0.3, -0.25) is 4.79 Å². The lowest BCUT2D eigenvalue weighted by atomic mass is 10.1. The van der Waals surface area contributed by atoms with Crippen molar-refractivity contribution in [3.05, 3.63) is 45.9 Å². The van der Waals surface area contributed by atoms with E-state index in [1.165, 1.54) is 19.3 Å². The van der Waals surface area contributed by atoms with Gasteiger partial charge in [0.25, 0.3) is 5.91 Å². The molecule has 0 saturated carbocycles. The molecule has 178 valence electrons. The maximum absolute atomic E-state index is 12.4. The predicted octanol–water partition coefficient (Wildman–Crippen LogP) is 5.61. The monoisotopic (exact) mass is 491 g/mol. The van der Waals surface area contributed by atoms with Gasteiger partial charge < -0.3 is 24.6 Å². The minimum atomic E-state index is -0.0461. The van der Waals surface area contributed by atoms with Crippen molar-refractivity contribution in [2.24, 2.45) is 0 Å². The van der Waals surface area contributed by atoms with Crippen molar-refractivity contribution in [3.63, 3.8) is 0 Å². The lowest BCUT2D eigenvalue weighted by Crippen LogP contribution is -2.38. The van der Waals surface area contributed by atoms with E-state index in [2.05, 4.69) is 16.3 Å². The van der Waals surface area contributed by atoms with Gasteiger partial charge in [-0.05, 0) is 68.0 Å². The van der Waals surface area contributed by atoms with Crippen LogP contribution >= 0.6 is 23.2 Å². The van der Waals surface area contributed by atoms with E-state index in [4.69, 9.17) is 32.7 Å². The first-order chi connectivity index (χ1) is 16.0. The average molecular weight is 492 g/mol. The number of piperidine rings is 1. The third-order valence-electron chi connectivity index (χ3n) is 6.23. The zero-order chi connectivity index (χ0) is 23.2. The topological polar surface area (TPSA) is 54.0 Å². The maximum atomic E-state index is 12.4. The summed E-state index contributed by atoms with van der Waals surface area (Å²) in [5, 5.41) is 4.56. The Morgan fingerprint density at radius 1 is 0.970 bits per heavy atom. The van der Waals surface area contributed by atoms with Gasteiger partial charge in [0.1, 0.15) is 0 Å². The summed E-state index contributed by atoms with van der Waals surface area (Å²) in [6.45, 7) is 4.20. The Hall–Kier alpha value is -2.31. The highest BCUT2D eigenvalue weighted by Gasteiger charge is 2.19. The summed E-state index contributed by atoms with van der Waals surface area (Å²) in [6, 6.07) is 9.78. The molecule has 6 nitrogen and oxygen atoms in total. The molecule has 2 fully saturated rings. The highest BCUT2D eigenvalue weighted by atomic mass is 35.5. The molecule has 0 aromatic heterocycles. The van der Waals surface area contributed by atoms with Gasteiger partial charge in [-0.2, -0.15) is 0 Å². The van der Waals surface area contributed by atoms with Crippen LogP contribution < -0.4 is 19.7 Å². The Kier molecular flexibility index (Phi) is 8.10. The largest absolute Gasteiger partial charge is 0.493 e. The van der Waals surface area contributed by atoms with Crippen molar-refractivity contribution in [3.8, 4) is 11.5 Å². The van der Waals surface area contributed by atoms with Crippen LogP contribution in [-0.4, -0.2) is 50.7 Å². The van der Waals surface area contributed by atoms with Crippen molar-refractivity contribution < 1.29 is 14.3 Å². The van der Waals surface area contributed by atoms with Crippen LogP contribution in [-0.2, 0) is 11.3 Å². The third-order valence-corrected chi connectivity index (χ3v) is 6.81. The van der Waals surface area contributed by atoms with Crippen LogP contribution in [0.1, 0.15) is 37.7 Å². The number of rotatable bonds is 8. The van der Waals surface area contributed by atoms with E-state index in [0.29, 0.717) is 23.1 Å². The number of anilines is 2. The molecule has 1 N–H and O–H groups in total. The van der Waals surface area contributed by atoms with Gasteiger partial charge in [0, 0.05) is 38.4 Å². The fourth-order valence-corrected chi connectivity index (χ4v) is 5.01. The van der Waals surface area contributed by atoms with E-state index in [0.717, 1.165) is 61.0 Å². The fourth-order valence-electron chi connectivity index (χ4n) is 4.42. The quantitative estimate of drug-likeness (QED) is 0.520. The van der Waals surface area contributed by atoms with E-state index in [1.807, 2.05) is 29.2 Å². The van der Waals surface area contributed by atoms with Gasteiger partial charge in [-0.1, -0.05) is 23.2 Å². The molecule has 0 unspecified atom stereocenters. The lowest BCUT2D eigenvalue weighted by molar-refractivity contribution is -0.134. The molecule has 0 radical (unpaired) electrons. The Balaban J connectivity index is 1.38. The third kappa shape index (κ3) is 5.98. The molecule has 2 heterocycles. The van der Waals surface area contributed by atoms with Crippen LogP contribution in [0.25, 0.3) is 0 Å². The summed E-state index contributed by atoms with van der Waals surface area (Å²) in [4.78, 5) is 16.6. The minimum Gasteiger partial charge on any atom is -0.493 e. The molecule has 0 atom stereocenters. The second kappa shape index (κ2) is 11.2. The number of hydrogen-bond donors (Lipinski definition) is 1. The fraction of sp³-hybridized carbons (Fsp3) is 0.480. The summed E-state index contributed by atoms with van der Waals surface area (Å²) in [5.41, 5.74) is 2.96. The van der Waals surface area contributed by atoms with Gasteiger partial charge in [-0.15, -0.1) is 0 Å². The number of likely N-dealkylation sites (tertiary alicyclic amines) is 1. The van der Waals surface area contributed by atoms with Gasteiger partial charge in [0.2, 0.25) is 0 Å². The summed E-state index contributed by atoms with van der Waals surface area (Å²) in [7, 11) is 1.57. The summed E-state index contributed by atoms with van der Waals surface area (Å²) in [6.07, 6.45) is 5.69. The summed E-state index contributed by atoms with van der Waals surface area (Å²) < 4.78 is 11.3. The molecule has 2 aromatic carbocycles. The first kappa shape index (κ1) is 23.8. The van der Waals surface area contributed by atoms with Crippen molar-refractivity contribution >= 4 is 40.5 Å². The molecule has 2 aromatic rings. The van der Waals surface area contributed by atoms with Crippen LogP contribution in [0.2, 0.25) is 10.0 Å². The Morgan fingerprint density at radius 2 is 1.70 bits per heavy atom. The Morgan fingerprint density at radius 3 is 2.39 bits per heavy atom. The van der Waals surface area contributed by atoms with Crippen LogP contribution in [0.3, 0.4) is 0 Å². The average Bonchev–Trinajstić information content (AvgIpc) is 3.36. The number of hydrogen-bond acceptors (Lipinski definition) is 5. The molecule has 8 heteroatoms. The molecule has 0 aliphatic carbocycles. The molecule has 0 spiro atoms. The molecule has 2 saturated heterocycles. The molecular weight excluding hydrogens is 461 g/mol. The van der Waals surface area contributed by atoms with Crippen LogP contribution in [0, 0.1) is 0 Å². The normalized spacial score (nSPS) is 16.1. The number of ether oxygens (including phenoxy) is 2. The molecule has 1 amide bonds. The maximum Gasteiger partial charge on any atom is 0.260 e. The van der Waals surface area contributed by atoms with Gasteiger partial charge >= 0.3 is 0 Å². The number of nitrogens with zero attached hydrogens (tertiary/aromatic N) is 2. The number of amides is 1.